The zero-order chi connectivity index (χ0) is 13.2. The Morgan fingerprint density at radius 2 is 1.82 bits per heavy atom. The van der Waals surface area contributed by atoms with E-state index < -0.39 is 11.5 Å². The lowest BCUT2D eigenvalue weighted by Gasteiger charge is -2.47. The first kappa shape index (κ1) is 14.0. The second-order valence-electron chi connectivity index (χ2n) is 5.80. The topological polar surface area (TPSA) is 57.6 Å². The maximum absolute atomic E-state index is 11.7. The third kappa shape index (κ3) is 2.61. The number of carboxylic acids is 1. The van der Waals surface area contributed by atoms with Crippen LogP contribution in [0.15, 0.2) is 0 Å². The van der Waals surface area contributed by atoms with Crippen LogP contribution in [-0.2, 0) is 9.59 Å². The van der Waals surface area contributed by atoms with Crippen LogP contribution in [-0.4, -0.2) is 34.0 Å². The Balaban J connectivity index is 3.11. The number of nitrogens with zero attached hydrogens (tertiary/aromatic N) is 1. The minimum atomic E-state index is -1.01. The smallest absolute Gasteiger partial charge is 0.329 e. The molecule has 4 nitrogen and oxygen atoms in total. The number of rotatable bonds is 4. The minimum absolute atomic E-state index is 0.0823. The van der Waals surface area contributed by atoms with E-state index in [1.54, 1.807) is 0 Å². The van der Waals surface area contributed by atoms with Gasteiger partial charge in [0.2, 0.25) is 6.41 Å². The van der Waals surface area contributed by atoms with E-state index in [4.69, 9.17) is 0 Å². The molecule has 0 aliphatic heterocycles. The van der Waals surface area contributed by atoms with Crippen LogP contribution in [0.3, 0.4) is 0 Å². The summed E-state index contributed by atoms with van der Waals surface area (Å²) in [5.74, 6) is -0.177. The number of aliphatic carboxylic acids is 1. The van der Waals surface area contributed by atoms with Gasteiger partial charge in [0.05, 0.1) is 0 Å². The molecule has 1 aliphatic rings. The van der Waals surface area contributed by atoms with Crippen molar-refractivity contribution >= 4 is 12.4 Å². The van der Waals surface area contributed by atoms with Crippen molar-refractivity contribution in [2.24, 2.45) is 11.8 Å². The van der Waals surface area contributed by atoms with Gasteiger partial charge >= 0.3 is 5.97 Å². The molecular formula is C13H23NO3. The van der Waals surface area contributed by atoms with Crippen molar-refractivity contribution in [3.63, 3.8) is 0 Å². The van der Waals surface area contributed by atoms with E-state index >= 15 is 0 Å². The Kier molecular flexibility index (Phi) is 4.17. The van der Waals surface area contributed by atoms with Crippen molar-refractivity contribution in [1.82, 2.24) is 4.90 Å². The summed E-state index contributed by atoms with van der Waals surface area (Å²) in [7, 11) is 0. The monoisotopic (exact) mass is 241 g/mol. The number of carbonyl (C=O) groups is 2. The lowest BCUT2D eigenvalue weighted by atomic mass is 9.70. The van der Waals surface area contributed by atoms with Crippen LogP contribution in [0.4, 0.5) is 0 Å². The first-order valence-electron chi connectivity index (χ1n) is 6.30. The van der Waals surface area contributed by atoms with Gasteiger partial charge in [0, 0.05) is 6.04 Å². The first-order chi connectivity index (χ1) is 7.83. The lowest BCUT2D eigenvalue weighted by molar-refractivity contribution is -0.162. The van der Waals surface area contributed by atoms with Gasteiger partial charge in [-0.25, -0.2) is 4.79 Å². The summed E-state index contributed by atoms with van der Waals surface area (Å²) in [5, 5.41) is 9.57. The predicted molar refractivity (Wildman–Crippen MR) is 65.6 cm³/mol. The van der Waals surface area contributed by atoms with Gasteiger partial charge in [-0.15, -0.1) is 0 Å². The van der Waals surface area contributed by atoms with Crippen molar-refractivity contribution in [3.8, 4) is 0 Å². The number of hydrogen-bond acceptors (Lipinski definition) is 2. The molecule has 1 fully saturated rings. The third-order valence-corrected chi connectivity index (χ3v) is 3.74. The predicted octanol–water partition coefficient (Wildman–Crippen LogP) is 2.13. The van der Waals surface area contributed by atoms with E-state index in [0.717, 1.165) is 6.42 Å². The van der Waals surface area contributed by atoms with Crippen LogP contribution in [0.2, 0.25) is 0 Å². The zero-order valence-electron chi connectivity index (χ0n) is 11.1. The molecule has 1 aliphatic carbocycles. The van der Waals surface area contributed by atoms with Crippen molar-refractivity contribution in [2.75, 3.05) is 0 Å². The van der Waals surface area contributed by atoms with E-state index in [2.05, 4.69) is 13.8 Å². The molecule has 0 aromatic rings. The maximum Gasteiger partial charge on any atom is 0.329 e. The van der Waals surface area contributed by atoms with Gasteiger partial charge in [-0.05, 0) is 44.9 Å². The maximum atomic E-state index is 11.7. The van der Waals surface area contributed by atoms with Crippen LogP contribution >= 0.6 is 0 Å². The van der Waals surface area contributed by atoms with Gasteiger partial charge < -0.3 is 10.0 Å². The Hall–Kier alpha value is -1.06. The highest BCUT2D eigenvalue weighted by Crippen LogP contribution is 2.40. The van der Waals surface area contributed by atoms with Crippen molar-refractivity contribution < 1.29 is 14.7 Å². The fraction of sp³-hybridized carbons (Fsp3) is 0.846. The Morgan fingerprint density at radius 3 is 2.12 bits per heavy atom. The highest BCUT2D eigenvalue weighted by molar-refractivity contribution is 5.82. The second-order valence-corrected chi connectivity index (χ2v) is 5.80. The van der Waals surface area contributed by atoms with Crippen LogP contribution in [0, 0.1) is 11.8 Å². The largest absolute Gasteiger partial charge is 0.479 e. The summed E-state index contributed by atoms with van der Waals surface area (Å²) in [6.07, 6.45) is 2.86. The summed E-state index contributed by atoms with van der Waals surface area (Å²) in [5.41, 5.74) is -1.01. The molecule has 1 N–H and O–H groups in total. The van der Waals surface area contributed by atoms with E-state index in [-0.39, 0.29) is 6.04 Å². The number of amides is 1. The summed E-state index contributed by atoms with van der Waals surface area (Å²) in [6, 6.07) is -0.0823. The normalized spacial score (nSPS) is 33.5. The average molecular weight is 241 g/mol. The van der Waals surface area contributed by atoms with E-state index in [0.29, 0.717) is 31.1 Å². The molecule has 0 saturated heterocycles. The standard InChI is InChI=1S/C13H23NO3/c1-9(2)14(8-15)13(12(16)17)6-10(3)5-11(4)7-13/h8-11H,5-7H2,1-4H3,(H,16,17). The molecule has 1 saturated carbocycles. The summed E-state index contributed by atoms with van der Waals surface area (Å²) < 4.78 is 0. The molecule has 4 heteroatoms. The fourth-order valence-electron chi connectivity index (χ4n) is 3.30. The van der Waals surface area contributed by atoms with E-state index in [9.17, 15) is 14.7 Å². The molecule has 0 heterocycles. The molecular weight excluding hydrogens is 218 g/mol. The fourth-order valence-corrected chi connectivity index (χ4v) is 3.30. The first-order valence-corrected chi connectivity index (χ1v) is 6.30. The van der Waals surface area contributed by atoms with Crippen molar-refractivity contribution in [2.45, 2.75) is 58.5 Å². The SMILES string of the molecule is CC1CC(C)CC(C(=O)O)(N(C=O)C(C)C)C1. The van der Waals surface area contributed by atoms with Crippen LogP contribution < -0.4 is 0 Å². The second kappa shape index (κ2) is 5.07. The van der Waals surface area contributed by atoms with Gasteiger partial charge in [-0.3, -0.25) is 4.79 Å². The molecule has 0 aromatic carbocycles. The summed E-state index contributed by atoms with van der Waals surface area (Å²) >= 11 is 0. The van der Waals surface area contributed by atoms with Gasteiger partial charge in [0.1, 0.15) is 5.54 Å². The van der Waals surface area contributed by atoms with E-state index in [1.165, 1.54) is 4.90 Å². The van der Waals surface area contributed by atoms with Crippen molar-refractivity contribution in [1.29, 1.82) is 0 Å². The van der Waals surface area contributed by atoms with Crippen LogP contribution in [0.1, 0.15) is 47.0 Å². The highest BCUT2D eigenvalue weighted by Gasteiger charge is 2.49. The highest BCUT2D eigenvalue weighted by atomic mass is 16.4. The molecule has 98 valence electrons. The van der Waals surface area contributed by atoms with Gasteiger partial charge in [-0.2, -0.15) is 0 Å². The third-order valence-electron chi connectivity index (χ3n) is 3.74. The Labute approximate surface area is 103 Å². The Morgan fingerprint density at radius 1 is 1.35 bits per heavy atom. The quantitative estimate of drug-likeness (QED) is 0.767. The molecule has 2 unspecified atom stereocenters. The van der Waals surface area contributed by atoms with Gasteiger partial charge in [0.15, 0.2) is 0 Å². The van der Waals surface area contributed by atoms with Gasteiger partial charge in [0.25, 0.3) is 0 Å². The number of carbonyl (C=O) groups excluding carboxylic acids is 1. The minimum Gasteiger partial charge on any atom is -0.479 e. The van der Waals surface area contributed by atoms with Crippen molar-refractivity contribution in [3.05, 3.63) is 0 Å². The average Bonchev–Trinajstić information content (AvgIpc) is 2.15. The lowest BCUT2D eigenvalue weighted by Crippen LogP contribution is -2.59. The van der Waals surface area contributed by atoms with Crippen LogP contribution in [0.5, 0.6) is 0 Å². The summed E-state index contributed by atoms with van der Waals surface area (Å²) in [6.45, 7) is 7.86. The summed E-state index contributed by atoms with van der Waals surface area (Å²) in [4.78, 5) is 24.4. The molecule has 0 bridgehead atoms. The number of carboxylic acid groups (broad SMARTS) is 1. The molecule has 1 amide bonds. The molecule has 0 spiro atoms. The molecule has 17 heavy (non-hydrogen) atoms. The molecule has 0 radical (unpaired) electrons. The molecule has 0 aromatic heterocycles. The molecule has 1 rings (SSSR count). The van der Waals surface area contributed by atoms with E-state index in [1.807, 2.05) is 13.8 Å². The number of hydrogen-bond donors (Lipinski definition) is 1. The van der Waals surface area contributed by atoms with Gasteiger partial charge in [-0.1, -0.05) is 13.8 Å². The zero-order valence-corrected chi connectivity index (χ0v) is 11.1. The van der Waals surface area contributed by atoms with Crippen LogP contribution in [0.25, 0.3) is 0 Å². The molecule has 2 atom stereocenters. The Bertz CT molecular complexity index is 291.